The molecule has 0 spiro atoms. The first-order valence-electron chi connectivity index (χ1n) is 5.25. The van der Waals surface area contributed by atoms with Gasteiger partial charge in [0.1, 0.15) is 0 Å². The summed E-state index contributed by atoms with van der Waals surface area (Å²) < 4.78 is 13.5. The first-order valence-corrected chi connectivity index (χ1v) is 5.25. The van der Waals surface area contributed by atoms with Crippen LogP contribution in [0.15, 0.2) is 15.8 Å². The van der Waals surface area contributed by atoms with Crippen molar-refractivity contribution in [2.75, 3.05) is 0 Å². The molecule has 0 radical (unpaired) electrons. The van der Waals surface area contributed by atoms with Crippen LogP contribution >= 0.6 is 0 Å². The molecule has 0 unspecified atom stereocenters. The van der Waals surface area contributed by atoms with Crippen LogP contribution in [0.25, 0.3) is 0 Å². The van der Waals surface area contributed by atoms with Crippen LogP contribution < -0.4 is 11.2 Å². The van der Waals surface area contributed by atoms with E-state index in [0.717, 1.165) is 0 Å². The van der Waals surface area contributed by atoms with Crippen molar-refractivity contribution < 1.29 is 9.18 Å². The lowest BCUT2D eigenvalue weighted by atomic mass is 9.90. The van der Waals surface area contributed by atoms with E-state index in [2.05, 4.69) is 0 Å². The first kappa shape index (κ1) is 13.3. The van der Waals surface area contributed by atoms with Crippen molar-refractivity contribution in [3.05, 3.63) is 32.9 Å². The lowest BCUT2D eigenvalue weighted by Crippen LogP contribution is -2.35. The largest absolute Gasteiger partial charge is 0.335 e. The third-order valence-electron chi connectivity index (χ3n) is 2.26. The summed E-state index contributed by atoms with van der Waals surface area (Å²) in [5, 5.41) is 0. The first-order chi connectivity index (χ1) is 7.70. The second kappa shape index (κ2) is 4.65. The second-order valence-corrected chi connectivity index (χ2v) is 5.06. The number of hydrogen-bond acceptors (Lipinski definition) is 3. The molecule has 1 rings (SSSR count). The van der Waals surface area contributed by atoms with Gasteiger partial charge in [-0.15, -0.1) is 0 Å². The maximum atomic E-state index is 12.9. The highest BCUT2D eigenvalue weighted by Gasteiger charge is 2.16. The van der Waals surface area contributed by atoms with Crippen LogP contribution in [0.2, 0.25) is 0 Å². The minimum absolute atomic E-state index is 0.0556. The molecule has 0 aliphatic rings. The number of carbonyl (C=O) groups is 1. The van der Waals surface area contributed by atoms with Crippen LogP contribution in [0.3, 0.4) is 0 Å². The Morgan fingerprint density at radius 2 is 2.00 bits per heavy atom. The molecule has 1 heterocycles. The van der Waals surface area contributed by atoms with Crippen molar-refractivity contribution in [3.63, 3.8) is 0 Å². The Morgan fingerprint density at radius 1 is 1.41 bits per heavy atom. The summed E-state index contributed by atoms with van der Waals surface area (Å²) in [7, 11) is 0. The average molecular weight is 242 g/mol. The maximum absolute atomic E-state index is 12.9. The molecular formula is C11H15FN2O3. The molecule has 5 nitrogen and oxygen atoms in total. The fraction of sp³-hybridized carbons (Fsp3) is 0.545. The standard InChI is InChI=1S/C11H15FN2O3/c1-11(2,3)5-4-8(15)14-6-7(12)9(16)13-10(14)17/h6H,4-5H2,1-3H3,(H,13,16,17). The van der Waals surface area contributed by atoms with Gasteiger partial charge in [0.05, 0.1) is 6.20 Å². The Balaban J connectivity index is 2.94. The van der Waals surface area contributed by atoms with E-state index in [9.17, 15) is 18.8 Å². The molecule has 0 fully saturated rings. The fourth-order valence-corrected chi connectivity index (χ4v) is 1.24. The molecule has 1 aromatic rings. The van der Waals surface area contributed by atoms with Gasteiger partial charge in [-0.25, -0.2) is 9.36 Å². The molecule has 94 valence electrons. The zero-order chi connectivity index (χ0) is 13.2. The summed E-state index contributed by atoms with van der Waals surface area (Å²) in [5.41, 5.74) is -2.08. The normalized spacial score (nSPS) is 11.5. The van der Waals surface area contributed by atoms with Crippen LogP contribution in [0.5, 0.6) is 0 Å². The molecule has 0 atom stereocenters. The number of halogens is 1. The summed E-state index contributed by atoms with van der Waals surface area (Å²) in [6, 6.07) is 0. The van der Waals surface area contributed by atoms with Crippen LogP contribution in [0, 0.1) is 11.2 Å². The minimum atomic E-state index is -1.14. The summed E-state index contributed by atoms with van der Waals surface area (Å²) >= 11 is 0. The van der Waals surface area contributed by atoms with Crippen LogP contribution in [-0.4, -0.2) is 15.5 Å². The molecular weight excluding hydrogens is 227 g/mol. The van der Waals surface area contributed by atoms with Gasteiger partial charge in [0.15, 0.2) is 0 Å². The number of hydrogen-bond donors (Lipinski definition) is 1. The van der Waals surface area contributed by atoms with Gasteiger partial charge in [-0.2, -0.15) is 4.39 Å². The van der Waals surface area contributed by atoms with Crippen molar-refractivity contribution >= 4 is 5.91 Å². The molecule has 0 aliphatic carbocycles. The van der Waals surface area contributed by atoms with Gasteiger partial charge in [0.25, 0.3) is 5.56 Å². The Kier molecular flexibility index (Phi) is 3.65. The third-order valence-corrected chi connectivity index (χ3v) is 2.26. The van der Waals surface area contributed by atoms with Crippen LogP contribution in [-0.2, 0) is 0 Å². The van der Waals surface area contributed by atoms with Gasteiger partial charge < -0.3 is 0 Å². The number of carbonyl (C=O) groups excluding carboxylic acids is 1. The van der Waals surface area contributed by atoms with E-state index in [1.165, 1.54) is 0 Å². The van der Waals surface area contributed by atoms with E-state index in [-0.39, 0.29) is 11.8 Å². The predicted molar refractivity (Wildman–Crippen MR) is 60.6 cm³/mol. The van der Waals surface area contributed by atoms with Gasteiger partial charge in [-0.05, 0) is 11.8 Å². The molecule has 0 aromatic carbocycles. The highest BCUT2D eigenvalue weighted by atomic mass is 19.1. The smallest absolute Gasteiger partial charge is 0.274 e. The highest BCUT2D eigenvalue weighted by Crippen LogP contribution is 2.20. The lowest BCUT2D eigenvalue weighted by molar-refractivity contribution is 0.0877. The third kappa shape index (κ3) is 3.65. The molecule has 0 amide bonds. The van der Waals surface area contributed by atoms with E-state index in [1.807, 2.05) is 20.8 Å². The summed E-state index contributed by atoms with van der Waals surface area (Å²) in [6.45, 7) is 5.86. The molecule has 0 saturated carbocycles. The van der Waals surface area contributed by atoms with Crippen molar-refractivity contribution in [2.24, 2.45) is 5.41 Å². The van der Waals surface area contributed by atoms with Gasteiger partial charge in [0.2, 0.25) is 11.7 Å². The van der Waals surface area contributed by atoms with Gasteiger partial charge in [-0.3, -0.25) is 14.6 Å². The average Bonchev–Trinajstić information content (AvgIpc) is 2.19. The van der Waals surface area contributed by atoms with Crippen molar-refractivity contribution in [1.82, 2.24) is 9.55 Å². The van der Waals surface area contributed by atoms with E-state index in [0.29, 0.717) is 17.2 Å². The van der Waals surface area contributed by atoms with Crippen LogP contribution in [0.1, 0.15) is 38.4 Å². The van der Waals surface area contributed by atoms with E-state index in [4.69, 9.17) is 0 Å². The zero-order valence-corrected chi connectivity index (χ0v) is 10.0. The SMILES string of the molecule is CC(C)(C)CCC(=O)n1cc(F)c(=O)[nH]c1=O. The zero-order valence-electron chi connectivity index (χ0n) is 10.0. The van der Waals surface area contributed by atoms with E-state index >= 15 is 0 Å². The second-order valence-electron chi connectivity index (χ2n) is 5.06. The van der Waals surface area contributed by atoms with Gasteiger partial charge in [-0.1, -0.05) is 20.8 Å². The number of H-pyrrole nitrogens is 1. The summed E-state index contributed by atoms with van der Waals surface area (Å²) in [6.07, 6.45) is 1.32. The minimum Gasteiger partial charge on any atom is -0.274 e. The Labute approximate surface area is 97.3 Å². The highest BCUT2D eigenvalue weighted by molar-refractivity contribution is 5.78. The number of rotatable bonds is 2. The Morgan fingerprint density at radius 3 is 2.53 bits per heavy atom. The fourth-order valence-electron chi connectivity index (χ4n) is 1.24. The molecule has 6 heteroatoms. The predicted octanol–water partition coefficient (Wildman–Crippen LogP) is 1.14. The van der Waals surface area contributed by atoms with Crippen molar-refractivity contribution in [3.8, 4) is 0 Å². The van der Waals surface area contributed by atoms with Gasteiger partial charge >= 0.3 is 5.69 Å². The number of nitrogens with one attached hydrogen (secondary N) is 1. The van der Waals surface area contributed by atoms with E-state index in [1.54, 1.807) is 4.98 Å². The van der Waals surface area contributed by atoms with Crippen molar-refractivity contribution in [1.29, 1.82) is 0 Å². The monoisotopic (exact) mass is 242 g/mol. The van der Waals surface area contributed by atoms with Gasteiger partial charge in [0, 0.05) is 6.42 Å². The molecule has 0 bridgehead atoms. The van der Waals surface area contributed by atoms with E-state index < -0.39 is 23.0 Å². The number of aromatic nitrogens is 2. The molecule has 0 aliphatic heterocycles. The Bertz CT molecular complexity index is 537. The Hall–Kier alpha value is -1.72. The van der Waals surface area contributed by atoms with Crippen LogP contribution in [0.4, 0.5) is 4.39 Å². The summed E-state index contributed by atoms with van der Waals surface area (Å²) in [5.74, 6) is -1.67. The molecule has 1 aromatic heterocycles. The van der Waals surface area contributed by atoms with Crippen molar-refractivity contribution in [2.45, 2.75) is 33.6 Å². The number of aromatic amines is 1. The quantitative estimate of drug-likeness (QED) is 0.845. The number of nitrogens with zero attached hydrogens (tertiary/aromatic N) is 1. The molecule has 0 saturated heterocycles. The summed E-state index contributed by atoms with van der Waals surface area (Å²) in [4.78, 5) is 35.4. The molecule has 17 heavy (non-hydrogen) atoms. The maximum Gasteiger partial charge on any atom is 0.335 e. The lowest BCUT2D eigenvalue weighted by Gasteiger charge is -2.17. The topological polar surface area (TPSA) is 71.9 Å². The molecule has 1 N–H and O–H groups in total.